The van der Waals surface area contributed by atoms with Crippen molar-refractivity contribution in [3.63, 3.8) is 0 Å². The van der Waals surface area contributed by atoms with Crippen molar-refractivity contribution in [1.82, 2.24) is 10.2 Å². The summed E-state index contributed by atoms with van der Waals surface area (Å²) >= 11 is 0. The molecule has 2 fully saturated rings. The fraction of sp³-hybridized carbons (Fsp3) is 0.464. The van der Waals surface area contributed by atoms with Gasteiger partial charge in [0.1, 0.15) is 12.1 Å². The average molecular weight is 477 g/mol. The van der Waals surface area contributed by atoms with Crippen molar-refractivity contribution in [2.24, 2.45) is 11.3 Å². The lowest BCUT2D eigenvalue weighted by Crippen LogP contribution is -2.58. The molecule has 7 heteroatoms. The lowest BCUT2D eigenvalue weighted by atomic mass is 9.81. The van der Waals surface area contributed by atoms with E-state index in [2.05, 4.69) is 29.6 Å². The van der Waals surface area contributed by atoms with E-state index in [-0.39, 0.29) is 30.9 Å². The number of hydrogen-bond acceptors (Lipinski definition) is 4. The lowest BCUT2D eigenvalue weighted by Gasteiger charge is -2.33. The minimum atomic E-state index is -1.04. The Kier molecular flexibility index (Phi) is 5.82. The van der Waals surface area contributed by atoms with Gasteiger partial charge in [-0.1, -0.05) is 68.3 Å². The molecule has 0 spiro atoms. The Morgan fingerprint density at radius 1 is 1.03 bits per heavy atom. The van der Waals surface area contributed by atoms with Crippen LogP contribution in [-0.4, -0.2) is 53.2 Å². The van der Waals surface area contributed by atoms with Gasteiger partial charge in [-0.25, -0.2) is 4.79 Å². The molecule has 2 aromatic rings. The molecule has 1 saturated heterocycles. The third-order valence-corrected chi connectivity index (χ3v) is 8.43. The van der Waals surface area contributed by atoms with Gasteiger partial charge in [0.2, 0.25) is 5.91 Å². The number of rotatable bonds is 5. The first kappa shape index (κ1) is 23.4. The summed E-state index contributed by atoms with van der Waals surface area (Å²) in [6, 6.07) is 16.3. The number of carboxylic acid groups (broad SMARTS) is 1. The first-order chi connectivity index (χ1) is 16.7. The number of carbonyl (C=O) groups excluding carboxylic acids is 2. The Labute approximate surface area is 205 Å². The molecule has 2 aromatic carbocycles. The van der Waals surface area contributed by atoms with Gasteiger partial charge in [0.15, 0.2) is 0 Å². The zero-order chi connectivity index (χ0) is 24.8. The Bertz CT molecular complexity index is 1130. The van der Waals surface area contributed by atoms with Crippen LogP contribution in [0.4, 0.5) is 4.79 Å². The normalized spacial score (nSPS) is 24.6. The molecule has 2 N–H and O–H groups in total. The summed E-state index contributed by atoms with van der Waals surface area (Å²) in [4.78, 5) is 40.1. The van der Waals surface area contributed by atoms with Crippen molar-refractivity contribution < 1.29 is 24.2 Å². The highest BCUT2D eigenvalue weighted by Crippen LogP contribution is 2.45. The predicted molar refractivity (Wildman–Crippen MR) is 131 cm³/mol. The zero-order valence-electron chi connectivity index (χ0n) is 20.3. The van der Waals surface area contributed by atoms with E-state index in [4.69, 9.17) is 4.74 Å². The van der Waals surface area contributed by atoms with Crippen molar-refractivity contribution in [3.8, 4) is 11.1 Å². The van der Waals surface area contributed by atoms with Crippen LogP contribution in [0.25, 0.3) is 11.1 Å². The molecule has 2 atom stereocenters. The minimum absolute atomic E-state index is 0.0564. The van der Waals surface area contributed by atoms with Crippen LogP contribution in [0.5, 0.6) is 0 Å². The van der Waals surface area contributed by atoms with Gasteiger partial charge < -0.3 is 20.1 Å². The van der Waals surface area contributed by atoms with Crippen molar-refractivity contribution >= 4 is 18.0 Å². The van der Waals surface area contributed by atoms with Crippen LogP contribution >= 0.6 is 0 Å². The maximum absolute atomic E-state index is 13.6. The molecule has 0 aromatic heterocycles. The van der Waals surface area contributed by atoms with E-state index >= 15 is 0 Å². The highest BCUT2D eigenvalue weighted by Gasteiger charge is 2.53. The topological polar surface area (TPSA) is 95.9 Å². The lowest BCUT2D eigenvalue weighted by molar-refractivity contribution is -0.149. The predicted octanol–water partition coefficient (Wildman–Crippen LogP) is 4.41. The van der Waals surface area contributed by atoms with Gasteiger partial charge in [-0.3, -0.25) is 9.59 Å². The number of nitrogens with zero attached hydrogens (tertiary/aromatic N) is 1. The van der Waals surface area contributed by atoms with E-state index in [0.29, 0.717) is 19.4 Å². The van der Waals surface area contributed by atoms with Crippen LogP contribution in [0.2, 0.25) is 0 Å². The van der Waals surface area contributed by atoms with Crippen molar-refractivity contribution in [3.05, 3.63) is 59.7 Å². The molecule has 7 nitrogen and oxygen atoms in total. The third kappa shape index (κ3) is 3.87. The van der Waals surface area contributed by atoms with E-state index in [0.717, 1.165) is 35.1 Å². The Balaban J connectivity index is 1.29. The monoisotopic (exact) mass is 476 g/mol. The number of benzene rings is 2. The minimum Gasteiger partial charge on any atom is -0.481 e. The summed E-state index contributed by atoms with van der Waals surface area (Å²) < 4.78 is 5.72. The highest BCUT2D eigenvalue weighted by atomic mass is 16.5. The van der Waals surface area contributed by atoms with Gasteiger partial charge in [0, 0.05) is 19.0 Å². The van der Waals surface area contributed by atoms with E-state index in [1.165, 1.54) is 0 Å². The van der Waals surface area contributed by atoms with Crippen LogP contribution in [0.3, 0.4) is 0 Å². The van der Waals surface area contributed by atoms with E-state index in [9.17, 15) is 19.5 Å². The van der Waals surface area contributed by atoms with Crippen molar-refractivity contribution in [2.75, 3.05) is 19.7 Å². The molecule has 2 aliphatic carbocycles. The van der Waals surface area contributed by atoms with Gasteiger partial charge in [-0.05, 0) is 47.9 Å². The number of hydrogen-bond donors (Lipinski definition) is 2. The van der Waals surface area contributed by atoms with Crippen LogP contribution in [-0.2, 0) is 14.3 Å². The smallest absolute Gasteiger partial charge is 0.408 e. The molecule has 35 heavy (non-hydrogen) atoms. The Morgan fingerprint density at radius 2 is 1.60 bits per heavy atom. The number of ether oxygens (including phenoxy) is 1. The van der Waals surface area contributed by atoms with Crippen LogP contribution in [0.15, 0.2) is 48.5 Å². The molecule has 5 rings (SSSR count). The number of alkyl carbamates (subject to hydrolysis) is 1. The van der Waals surface area contributed by atoms with Crippen LogP contribution in [0, 0.1) is 11.3 Å². The molecule has 3 aliphatic rings. The number of amides is 2. The second-order valence-corrected chi connectivity index (χ2v) is 10.5. The molecule has 1 aliphatic heterocycles. The van der Waals surface area contributed by atoms with Crippen LogP contribution < -0.4 is 5.32 Å². The van der Waals surface area contributed by atoms with Gasteiger partial charge >= 0.3 is 12.1 Å². The molecule has 0 bridgehead atoms. The first-order valence-electron chi connectivity index (χ1n) is 12.4. The quantitative estimate of drug-likeness (QED) is 0.667. The van der Waals surface area contributed by atoms with Gasteiger partial charge in [0.25, 0.3) is 0 Å². The van der Waals surface area contributed by atoms with Gasteiger partial charge in [0.05, 0.1) is 5.41 Å². The SMILES string of the molecule is CC1CN(C(=O)C2(NC(=O)OCC3c4ccccc4-c4ccccc43)CCCC2)CC1(C)C(=O)O. The van der Waals surface area contributed by atoms with Crippen LogP contribution in [0.1, 0.15) is 56.6 Å². The fourth-order valence-corrected chi connectivity index (χ4v) is 6.09. The molecule has 2 unspecified atom stereocenters. The molecule has 184 valence electrons. The second kappa shape index (κ2) is 8.70. The van der Waals surface area contributed by atoms with E-state index in [1.807, 2.05) is 31.2 Å². The number of fused-ring (bicyclic) bond motifs is 3. The fourth-order valence-electron chi connectivity index (χ4n) is 6.09. The number of carboxylic acids is 1. The first-order valence-corrected chi connectivity index (χ1v) is 12.4. The van der Waals surface area contributed by atoms with E-state index in [1.54, 1.807) is 11.8 Å². The van der Waals surface area contributed by atoms with Crippen molar-refractivity contribution in [2.45, 2.75) is 51.0 Å². The molecule has 1 heterocycles. The van der Waals surface area contributed by atoms with Gasteiger partial charge in [-0.2, -0.15) is 0 Å². The van der Waals surface area contributed by atoms with Crippen molar-refractivity contribution in [1.29, 1.82) is 0 Å². The summed E-state index contributed by atoms with van der Waals surface area (Å²) in [7, 11) is 0. The molecule has 1 saturated carbocycles. The number of nitrogens with one attached hydrogen (secondary N) is 1. The molecule has 0 radical (unpaired) electrons. The summed E-state index contributed by atoms with van der Waals surface area (Å²) in [6.45, 7) is 4.25. The Morgan fingerprint density at radius 3 is 2.14 bits per heavy atom. The summed E-state index contributed by atoms with van der Waals surface area (Å²) in [6.07, 6.45) is 2.12. The Hall–Kier alpha value is -3.35. The average Bonchev–Trinajstić information content (AvgIpc) is 3.53. The second-order valence-electron chi connectivity index (χ2n) is 10.5. The molecular weight excluding hydrogens is 444 g/mol. The molecular formula is C28H32N2O5. The number of likely N-dealkylation sites (tertiary alicyclic amines) is 1. The summed E-state index contributed by atoms with van der Waals surface area (Å²) in [5, 5.41) is 12.6. The third-order valence-electron chi connectivity index (χ3n) is 8.43. The van der Waals surface area contributed by atoms with Gasteiger partial charge in [-0.15, -0.1) is 0 Å². The number of carbonyl (C=O) groups is 3. The highest BCUT2D eigenvalue weighted by molar-refractivity contribution is 5.91. The molecule has 2 amide bonds. The largest absolute Gasteiger partial charge is 0.481 e. The zero-order valence-corrected chi connectivity index (χ0v) is 20.3. The maximum atomic E-state index is 13.6. The number of aliphatic carboxylic acids is 1. The van der Waals surface area contributed by atoms with E-state index < -0.39 is 23.0 Å². The standard InChI is InChI=1S/C28H32N2O5/c1-18-15-30(17-27(18,2)25(32)33)24(31)28(13-7-8-14-28)29-26(34)35-16-23-21-11-5-3-9-19(21)20-10-4-6-12-22(20)23/h3-6,9-12,18,23H,7-8,13-17H2,1-2H3,(H,29,34)(H,32,33). The summed E-state index contributed by atoms with van der Waals surface area (Å²) in [5.41, 5.74) is 2.55. The maximum Gasteiger partial charge on any atom is 0.408 e. The summed E-state index contributed by atoms with van der Waals surface area (Å²) in [5.74, 6) is -1.32.